The van der Waals surface area contributed by atoms with E-state index in [1.807, 2.05) is 0 Å². The van der Waals surface area contributed by atoms with Gasteiger partial charge >= 0.3 is 0 Å². The Kier molecular flexibility index (Phi) is 8.46. The van der Waals surface area contributed by atoms with Crippen molar-refractivity contribution in [3.8, 4) is 50.7 Å². The molecule has 1 spiro atoms. The number of allylic oxidation sites excluding steroid dienone is 2. The standard InChI is InChI=1S/C69H44N4/c1-4-19-44(20-5-1)60-42-61(45-21-6-2-7-22-45)71-68(70-60)73-62-37-33-46(47-34-38-63-55(41-47)65-49-25-11-10-18-43(49)32-39-64(65)72(63)48-23-8-3-9-24-48)40-54(62)52-35-36-59-66(67(52)73)53-28-14-17-31-58(53)69(59)56-29-15-12-26-50(56)51-27-13-16-30-57(51)69/h1-37,39-42,63H,38H2. The molecule has 0 fully saturated rings. The topological polar surface area (TPSA) is 34.0 Å². The first-order valence-electron chi connectivity index (χ1n) is 25.4. The van der Waals surface area contributed by atoms with Gasteiger partial charge < -0.3 is 4.90 Å². The average Bonchev–Trinajstić information content (AvgIpc) is 4.26. The van der Waals surface area contributed by atoms with Crippen LogP contribution in [0.4, 0.5) is 11.4 Å². The van der Waals surface area contributed by atoms with Crippen LogP contribution in [0.2, 0.25) is 0 Å². The Hall–Kier alpha value is -9.38. The van der Waals surface area contributed by atoms with E-state index in [-0.39, 0.29) is 6.04 Å². The van der Waals surface area contributed by atoms with E-state index in [0.29, 0.717) is 5.95 Å². The van der Waals surface area contributed by atoms with Crippen LogP contribution in [0.1, 0.15) is 39.8 Å². The van der Waals surface area contributed by atoms with Crippen molar-refractivity contribution in [2.75, 3.05) is 4.90 Å². The van der Waals surface area contributed by atoms with Crippen molar-refractivity contribution in [3.05, 3.63) is 282 Å². The van der Waals surface area contributed by atoms with Crippen LogP contribution in [0.3, 0.4) is 0 Å². The van der Waals surface area contributed by atoms with Crippen LogP contribution in [0.15, 0.2) is 249 Å². The molecule has 0 amide bonds. The summed E-state index contributed by atoms with van der Waals surface area (Å²) in [7, 11) is 0. The van der Waals surface area contributed by atoms with Gasteiger partial charge in [0.15, 0.2) is 0 Å². The summed E-state index contributed by atoms with van der Waals surface area (Å²) in [4.78, 5) is 13.7. The van der Waals surface area contributed by atoms with Crippen LogP contribution in [-0.2, 0) is 5.41 Å². The van der Waals surface area contributed by atoms with Crippen molar-refractivity contribution in [2.45, 2.75) is 17.9 Å². The third-order valence-electron chi connectivity index (χ3n) is 16.3. The summed E-state index contributed by atoms with van der Waals surface area (Å²) >= 11 is 0. The number of nitrogens with zero attached hydrogens (tertiary/aromatic N) is 4. The van der Waals surface area contributed by atoms with E-state index in [1.165, 1.54) is 99.7 Å². The Morgan fingerprint density at radius 1 is 0.438 bits per heavy atom. The molecule has 0 bridgehead atoms. The molecule has 340 valence electrons. The molecule has 4 aliphatic rings. The fourth-order valence-electron chi connectivity index (χ4n) is 13.3. The maximum Gasteiger partial charge on any atom is 0.235 e. The number of anilines is 2. The van der Waals surface area contributed by atoms with Gasteiger partial charge in [0.1, 0.15) is 0 Å². The summed E-state index contributed by atoms with van der Waals surface area (Å²) in [6.45, 7) is 0. The summed E-state index contributed by atoms with van der Waals surface area (Å²) in [5.74, 6) is 0.643. The van der Waals surface area contributed by atoms with Crippen LogP contribution in [0, 0.1) is 0 Å². The van der Waals surface area contributed by atoms with E-state index in [4.69, 9.17) is 9.97 Å². The van der Waals surface area contributed by atoms with Crippen LogP contribution in [0.25, 0.3) is 94.4 Å². The highest BCUT2D eigenvalue weighted by atomic mass is 15.2. The molecule has 3 aliphatic carbocycles. The summed E-state index contributed by atoms with van der Waals surface area (Å²) < 4.78 is 2.38. The zero-order valence-electron chi connectivity index (χ0n) is 39.7. The summed E-state index contributed by atoms with van der Waals surface area (Å²) in [5.41, 5.74) is 23.4. The maximum atomic E-state index is 5.57. The van der Waals surface area contributed by atoms with Gasteiger partial charge in [0.2, 0.25) is 5.95 Å². The van der Waals surface area contributed by atoms with E-state index in [0.717, 1.165) is 40.0 Å². The maximum absolute atomic E-state index is 5.57. The molecule has 4 nitrogen and oxygen atoms in total. The Morgan fingerprint density at radius 3 is 1.74 bits per heavy atom. The molecule has 0 N–H and O–H groups in total. The molecular formula is C69H44N4. The lowest BCUT2D eigenvalue weighted by atomic mass is 9.70. The minimum Gasteiger partial charge on any atom is -0.333 e. The van der Waals surface area contributed by atoms with E-state index < -0.39 is 5.41 Å². The number of benzene rings is 10. The van der Waals surface area contributed by atoms with Crippen LogP contribution in [-0.4, -0.2) is 20.6 Å². The molecular weight excluding hydrogens is 885 g/mol. The van der Waals surface area contributed by atoms with Gasteiger partial charge in [-0.3, -0.25) is 4.57 Å². The third kappa shape index (κ3) is 5.61. The highest BCUT2D eigenvalue weighted by Gasteiger charge is 2.52. The van der Waals surface area contributed by atoms with Crippen molar-refractivity contribution in [1.82, 2.24) is 14.5 Å². The van der Waals surface area contributed by atoms with Gasteiger partial charge in [-0.1, -0.05) is 206 Å². The molecule has 0 saturated heterocycles. The number of fused-ring (bicyclic) bond motifs is 19. The van der Waals surface area contributed by atoms with Gasteiger partial charge in [-0.05, 0) is 115 Å². The SMILES string of the molecule is C1=C(c2ccc3c(c2)c2ccc4c(c2n3-c2nc(-c3ccccc3)cc(-c3ccccc3)n2)-c2ccccc2C42c3ccccc3-c3ccccc32)C=C2c3c(ccc4ccccc34)N(c3ccccc3)C2C1. The van der Waals surface area contributed by atoms with Crippen molar-refractivity contribution in [2.24, 2.45) is 0 Å². The molecule has 0 radical (unpaired) electrons. The molecule has 10 aromatic carbocycles. The summed E-state index contributed by atoms with van der Waals surface area (Å²) in [5, 5.41) is 4.89. The molecule has 73 heavy (non-hydrogen) atoms. The van der Waals surface area contributed by atoms with Gasteiger partial charge in [0, 0.05) is 44.4 Å². The number of rotatable bonds is 5. The number of aromatic nitrogens is 3. The lowest BCUT2D eigenvalue weighted by molar-refractivity contribution is 0.794. The molecule has 12 aromatic rings. The van der Waals surface area contributed by atoms with Crippen LogP contribution >= 0.6 is 0 Å². The second-order valence-electron chi connectivity index (χ2n) is 19.9. The Balaban J connectivity index is 0.972. The Bertz CT molecular complexity index is 4250. The molecule has 1 aliphatic heterocycles. The zero-order valence-corrected chi connectivity index (χ0v) is 39.7. The van der Waals surface area contributed by atoms with E-state index in [9.17, 15) is 0 Å². The highest BCUT2D eigenvalue weighted by molar-refractivity contribution is 6.17. The third-order valence-corrected chi connectivity index (χ3v) is 16.3. The van der Waals surface area contributed by atoms with Gasteiger partial charge in [-0.25, -0.2) is 9.97 Å². The van der Waals surface area contributed by atoms with Gasteiger partial charge in [0.25, 0.3) is 0 Å². The molecule has 16 rings (SSSR count). The Labute approximate surface area is 423 Å². The highest BCUT2D eigenvalue weighted by Crippen LogP contribution is 2.64. The smallest absolute Gasteiger partial charge is 0.235 e. The lowest BCUT2D eigenvalue weighted by Gasteiger charge is -2.30. The summed E-state index contributed by atoms with van der Waals surface area (Å²) in [6.07, 6.45) is 5.83. The van der Waals surface area contributed by atoms with Crippen molar-refractivity contribution < 1.29 is 0 Å². The van der Waals surface area contributed by atoms with Crippen molar-refractivity contribution in [3.63, 3.8) is 0 Å². The van der Waals surface area contributed by atoms with E-state index in [2.05, 4.69) is 258 Å². The minimum atomic E-state index is -0.507. The summed E-state index contributed by atoms with van der Waals surface area (Å²) in [6, 6.07) is 86.9. The lowest BCUT2D eigenvalue weighted by Crippen LogP contribution is -2.27. The normalized spacial score (nSPS) is 15.5. The predicted molar refractivity (Wildman–Crippen MR) is 300 cm³/mol. The fourth-order valence-corrected chi connectivity index (χ4v) is 13.3. The zero-order chi connectivity index (χ0) is 47.8. The van der Waals surface area contributed by atoms with E-state index in [1.54, 1.807) is 0 Å². The van der Waals surface area contributed by atoms with Crippen molar-refractivity contribution >= 4 is 55.1 Å². The molecule has 1 unspecified atom stereocenters. The quantitative estimate of drug-likeness (QED) is 0.172. The minimum absolute atomic E-state index is 0.186. The Morgan fingerprint density at radius 2 is 1.04 bits per heavy atom. The monoisotopic (exact) mass is 928 g/mol. The number of para-hydroxylation sites is 1. The van der Waals surface area contributed by atoms with Gasteiger partial charge in [0.05, 0.1) is 33.9 Å². The van der Waals surface area contributed by atoms with Crippen molar-refractivity contribution in [1.29, 1.82) is 0 Å². The predicted octanol–water partition coefficient (Wildman–Crippen LogP) is 16.8. The fraction of sp³-hybridized carbons (Fsp3) is 0.0435. The molecule has 3 heterocycles. The van der Waals surface area contributed by atoms with Gasteiger partial charge in [-0.15, -0.1) is 0 Å². The number of hydrogen-bond acceptors (Lipinski definition) is 3. The first-order chi connectivity index (χ1) is 36.2. The first kappa shape index (κ1) is 40.4. The molecule has 0 saturated carbocycles. The van der Waals surface area contributed by atoms with Crippen LogP contribution in [0.5, 0.6) is 0 Å². The van der Waals surface area contributed by atoms with Crippen LogP contribution < -0.4 is 4.90 Å². The number of hydrogen-bond donors (Lipinski definition) is 0. The van der Waals surface area contributed by atoms with E-state index >= 15 is 0 Å². The average molecular weight is 929 g/mol. The first-order valence-corrected chi connectivity index (χ1v) is 25.4. The second kappa shape index (κ2) is 15.3. The largest absolute Gasteiger partial charge is 0.333 e. The molecule has 1 atom stereocenters. The van der Waals surface area contributed by atoms with Gasteiger partial charge in [-0.2, -0.15) is 0 Å². The second-order valence-corrected chi connectivity index (χ2v) is 19.9. The molecule has 4 heteroatoms. The molecule has 2 aromatic heterocycles.